The first-order valence-corrected chi connectivity index (χ1v) is 7.27. The van der Waals surface area contributed by atoms with Crippen molar-refractivity contribution in [3.05, 3.63) is 82.0 Å². The molecule has 4 heteroatoms. The Morgan fingerprint density at radius 3 is 2.39 bits per heavy atom. The SMILES string of the molecule is Cc1nc(/C=C/c2ccccc2O)[nH]c(=O)c1-c1ccccc1. The molecule has 0 aliphatic rings. The lowest BCUT2D eigenvalue weighted by Crippen LogP contribution is -2.14. The number of phenols is 1. The maximum absolute atomic E-state index is 12.4. The average molecular weight is 304 g/mol. The summed E-state index contributed by atoms with van der Waals surface area (Å²) in [6.07, 6.45) is 3.40. The van der Waals surface area contributed by atoms with Crippen LogP contribution in [0.5, 0.6) is 5.75 Å². The zero-order valence-electron chi connectivity index (χ0n) is 12.7. The van der Waals surface area contributed by atoms with Gasteiger partial charge in [-0.1, -0.05) is 48.5 Å². The van der Waals surface area contributed by atoms with E-state index in [2.05, 4.69) is 9.97 Å². The van der Waals surface area contributed by atoms with E-state index in [9.17, 15) is 9.90 Å². The number of hydrogen-bond acceptors (Lipinski definition) is 3. The average Bonchev–Trinajstić information content (AvgIpc) is 2.54. The fourth-order valence-corrected chi connectivity index (χ4v) is 2.43. The monoisotopic (exact) mass is 304 g/mol. The van der Waals surface area contributed by atoms with E-state index in [1.165, 1.54) is 0 Å². The number of nitrogens with one attached hydrogen (secondary N) is 1. The van der Waals surface area contributed by atoms with Crippen molar-refractivity contribution in [1.82, 2.24) is 9.97 Å². The van der Waals surface area contributed by atoms with Crippen LogP contribution in [0.15, 0.2) is 59.4 Å². The molecule has 0 saturated carbocycles. The molecule has 0 atom stereocenters. The fraction of sp³-hybridized carbons (Fsp3) is 0.0526. The Kier molecular flexibility index (Phi) is 4.06. The summed E-state index contributed by atoms with van der Waals surface area (Å²) in [4.78, 5) is 19.6. The summed E-state index contributed by atoms with van der Waals surface area (Å²) >= 11 is 0. The van der Waals surface area contributed by atoms with Crippen LogP contribution in [0.2, 0.25) is 0 Å². The van der Waals surface area contributed by atoms with Gasteiger partial charge >= 0.3 is 0 Å². The van der Waals surface area contributed by atoms with E-state index in [0.29, 0.717) is 22.6 Å². The standard InChI is InChI=1S/C19H16N2O2/c1-13-18(15-8-3-2-4-9-15)19(23)21-17(20-13)12-11-14-7-5-6-10-16(14)22/h2-12,22H,1H3,(H,20,21,23)/b12-11+. The van der Waals surface area contributed by atoms with E-state index in [-0.39, 0.29) is 11.3 Å². The zero-order valence-corrected chi connectivity index (χ0v) is 12.7. The zero-order chi connectivity index (χ0) is 16.2. The van der Waals surface area contributed by atoms with Gasteiger partial charge in [-0.15, -0.1) is 0 Å². The topological polar surface area (TPSA) is 66.0 Å². The molecular weight excluding hydrogens is 288 g/mol. The first-order chi connectivity index (χ1) is 11.1. The lowest BCUT2D eigenvalue weighted by Gasteiger charge is -2.05. The van der Waals surface area contributed by atoms with Crippen molar-refractivity contribution < 1.29 is 5.11 Å². The molecule has 114 valence electrons. The highest BCUT2D eigenvalue weighted by atomic mass is 16.3. The Bertz CT molecular complexity index is 912. The van der Waals surface area contributed by atoms with Gasteiger partial charge in [0.2, 0.25) is 0 Å². The number of para-hydroxylation sites is 1. The summed E-state index contributed by atoms with van der Waals surface area (Å²) in [5.74, 6) is 0.638. The molecule has 4 nitrogen and oxygen atoms in total. The second kappa shape index (κ2) is 6.32. The minimum atomic E-state index is -0.180. The number of aryl methyl sites for hydroxylation is 1. The van der Waals surface area contributed by atoms with Gasteiger partial charge in [-0.05, 0) is 30.7 Å². The molecule has 0 unspecified atom stereocenters. The molecule has 0 aliphatic carbocycles. The van der Waals surface area contributed by atoms with Crippen LogP contribution in [0.3, 0.4) is 0 Å². The molecule has 0 bridgehead atoms. The smallest absolute Gasteiger partial charge is 0.259 e. The van der Waals surface area contributed by atoms with E-state index in [0.717, 1.165) is 5.56 Å². The predicted molar refractivity (Wildman–Crippen MR) is 92.1 cm³/mol. The van der Waals surface area contributed by atoms with Gasteiger partial charge in [0.05, 0.1) is 11.3 Å². The molecule has 2 N–H and O–H groups in total. The van der Waals surface area contributed by atoms with E-state index >= 15 is 0 Å². The molecule has 0 aliphatic heterocycles. The third-order valence-corrected chi connectivity index (χ3v) is 3.54. The van der Waals surface area contributed by atoms with Crippen LogP contribution in [0, 0.1) is 6.92 Å². The van der Waals surface area contributed by atoms with Crippen LogP contribution >= 0.6 is 0 Å². The summed E-state index contributed by atoms with van der Waals surface area (Å²) in [5, 5.41) is 9.75. The second-order valence-corrected chi connectivity index (χ2v) is 5.17. The van der Waals surface area contributed by atoms with Gasteiger partial charge in [0, 0.05) is 5.56 Å². The second-order valence-electron chi connectivity index (χ2n) is 5.17. The lowest BCUT2D eigenvalue weighted by molar-refractivity contribution is 0.474. The van der Waals surface area contributed by atoms with Crippen LogP contribution in [-0.2, 0) is 0 Å². The summed E-state index contributed by atoms with van der Waals surface area (Å²) in [6, 6.07) is 16.4. The van der Waals surface area contributed by atoms with Gasteiger partial charge in [-0.3, -0.25) is 4.79 Å². The van der Waals surface area contributed by atoms with E-state index in [1.54, 1.807) is 30.4 Å². The fourth-order valence-electron chi connectivity index (χ4n) is 2.43. The predicted octanol–water partition coefficient (Wildman–Crippen LogP) is 3.62. The third-order valence-electron chi connectivity index (χ3n) is 3.54. The lowest BCUT2D eigenvalue weighted by atomic mass is 10.1. The first kappa shape index (κ1) is 14.8. The van der Waals surface area contributed by atoms with Gasteiger partial charge in [-0.2, -0.15) is 0 Å². The molecule has 23 heavy (non-hydrogen) atoms. The Labute approximate surface area is 133 Å². The quantitative estimate of drug-likeness (QED) is 0.776. The number of benzene rings is 2. The number of nitrogens with zero attached hydrogens (tertiary/aromatic N) is 1. The number of aromatic amines is 1. The van der Waals surface area contributed by atoms with Gasteiger partial charge in [0.1, 0.15) is 11.6 Å². The highest BCUT2D eigenvalue weighted by Crippen LogP contribution is 2.19. The number of phenolic OH excluding ortho intramolecular Hbond substituents is 1. The summed E-state index contributed by atoms with van der Waals surface area (Å²) in [7, 11) is 0. The summed E-state index contributed by atoms with van der Waals surface area (Å²) in [5.41, 5.74) is 2.57. The van der Waals surface area contributed by atoms with Crippen LogP contribution in [0.25, 0.3) is 23.3 Å². The Hall–Kier alpha value is -3.14. The molecule has 2 aromatic carbocycles. The van der Waals surface area contributed by atoms with Crippen LogP contribution < -0.4 is 5.56 Å². The van der Waals surface area contributed by atoms with Gasteiger partial charge < -0.3 is 10.1 Å². The molecule has 0 fully saturated rings. The van der Waals surface area contributed by atoms with Crippen molar-refractivity contribution in [3.8, 4) is 16.9 Å². The summed E-state index contributed by atoms with van der Waals surface area (Å²) < 4.78 is 0. The van der Waals surface area contributed by atoms with Crippen LogP contribution in [0.1, 0.15) is 17.1 Å². The molecule has 1 heterocycles. The van der Waals surface area contributed by atoms with Crippen molar-refractivity contribution in [2.75, 3.05) is 0 Å². The van der Waals surface area contributed by atoms with Crippen molar-refractivity contribution in [2.24, 2.45) is 0 Å². The van der Waals surface area contributed by atoms with Crippen molar-refractivity contribution in [3.63, 3.8) is 0 Å². The molecular formula is C19H16N2O2. The molecule has 3 rings (SSSR count). The maximum atomic E-state index is 12.4. The number of rotatable bonds is 3. The number of hydrogen-bond donors (Lipinski definition) is 2. The van der Waals surface area contributed by atoms with Crippen molar-refractivity contribution in [1.29, 1.82) is 0 Å². The molecule has 0 radical (unpaired) electrons. The van der Waals surface area contributed by atoms with E-state index in [1.807, 2.05) is 43.3 Å². The van der Waals surface area contributed by atoms with Crippen molar-refractivity contribution in [2.45, 2.75) is 6.92 Å². The molecule has 0 saturated heterocycles. The molecule has 0 spiro atoms. The van der Waals surface area contributed by atoms with Gasteiger partial charge in [0.25, 0.3) is 5.56 Å². The minimum absolute atomic E-state index is 0.180. The normalized spacial score (nSPS) is 11.0. The largest absolute Gasteiger partial charge is 0.507 e. The first-order valence-electron chi connectivity index (χ1n) is 7.27. The highest BCUT2D eigenvalue weighted by molar-refractivity contribution is 5.71. The van der Waals surface area contributed by atoms with Crippen LogP contribution in [-0.4, -0.2) is 15.1 Å². The number of aromatic hydroxyl groups is 1. The maximum Gasteiger partial charge on any atom is 0.259 e. The molecule has 1 aromatic heterocycles. The Morgan fingerprint density at radius 1 is 1.00 bits per heavy atom. The summed E-state index contributed by atoms with van der Waals surface area (Å²) in [6.45, 7) is 1.81. The minimum Gasteiger partial charge on any atom is -0.507 e. The molecule has 3 aromatic rings. The highest BCUT2D eigenvalue weighted by Gasteiger charge is 2.09. The van der Waals surface area contributed by atoms with Crippen LogP contribution in [0.4, 0.5) is 0 Å². The van der Waals surface area contributed by atoms with E-state index < -0.39 is 0 Å². The molecule has 0 amide bonds. The number of H-pyrrole nitrogens is 1. The third kappa shape index (κ3) is 3.21. The Balaban J connectivity index is 1.98. The van der Waals surface area contributed by atoms with E-state index in [4.69, 9.17) is 0 Å². The van der Waals surface area contributed by atoms with Crippen molar-refractivity contribution >= 4 is 12.2 Å². The van der Waals surface area contributed by atoms with Gasteiger partial charge in [-0.25, -0.2) is 4.98 Å². The number of aromatic nitrogens is 2. The Morgan fingerprint density at radius 2 is 1.70 bits per heavy atom. The van der Waals surface area contributed by atoms with Gasteiger partial charge in [0.15, 0.2) is 0 Å².